The first-order valence-electron chi connectivity index (χ1n) is 12.3. The molecule has 0 aliphatic rings. The summed E-state index contributed by atoms with van der Waals surface area (Å²) in [6, 6.07) is 15.0. The van der Waals surface area contributed by atoms with Crippen molar-refractivity contribution in [2.24, 2.45) is 0 Å². The third-order valence-corrected chi connectivity index (χ3v) is 5.72. The van der Waals surface area contributed by atoms with Crippen molar-refractivity contribution in [2.75, 3.05) is 25.5 Å². The first-order valence-corrected chi connectivity index (χ1v) is 12.3. The largest absolute Gasteiger partial charge is 0.497 e. The van der Waals surface area contributed by atoms with Gasteiger partial charge in [0.1, 0.15) is 18.1 Å². The van der Waals surface area contributed by atoms with E-state index in [1.165, 1.54) is 23.1 Å². The number of non-ortho nitro benzene ring substituents is 1. The summed E-state index contributed by atoms with van der Waals surface area (Å²) in [6.07, 6.45) is 3.60. The van der Waals surface area contributed by atoms with Crippen molar-refractivity contribution in [3.8, 4) is 11.4 Å². The van der Waals surface area contributed by atoms with Gasteiger partial charge in [0.15, 0.2) is 0 Å². The number of nitro benzene ring substituents is 1. The summed E-state index contributed by atoms with van der Waals surface area (Å²) in [4.78, 5) is 37.7. The maximum atomic E-state index is 13.1. The monoisotopic (exact) mass is 519 g/mol. The van der Waals surface area contributed by atoms with Crippen LogP contribution in [0.3, 0.4) is 0 Å². The van der Waals surface area contributed by atoms with E-state index >= 15 is 0 Å². The predicted octanol–water partition coefficient (Wildman–Crippen LogP) is 4.98. The number of aromatic nitrogens is 2. The molecule has 1 N–H and O–H groups in total. The molecule has 0 aliphatic carbocycles. The van der Waals surface area contributed by atoms with Gasteiger partial charge in [0, 0.05) is 36.2 Å². The number of nitrogens with one attached hydrogen (secondary N) is 1. The van der Waals surface area contributed by atoms with Crippen LogP contribution in [0.2, 0.25) is 0 Å². The molecule has 0 atom stereocenters. The highest BCUT2D eigenvalue weighted by Gasteiger charge is 2.22. The molecule has 38 heavy (non-hydrogen) atoms. The lowest BCUT2D eigenvalue weighted by Crippen LogP contribution is -2.37. The van der Waals surface area contributed by atoms with Crippen LogP contribution < -0.4 is 10.1 Å². The third kappa shape index (κ3) is 7.28. The second-order valence-electron chi connectivity index (χ2n) is 9.76. The maximum Gasteiger partial charge on any atom is 0.269 e. The standard InChI is InChI=1S/C28H33N5O5/c1-6-17-31(27(35)16-9-20-7-10-22(11-8-20)33(36)37)19-26(34)29-25-18-24(28(2,3)4)30-32(25)21-12-14-23(38-5)15-13-21/h7-16,18H,6,17,19H2,1-5H3,(H,29,34)/b16-9+. The number of hydrogen-bond acceptors (Lipinski definition) is 6. The molecule has 10 heteroatoms. The summed E-state index contributed by atoms with van der Waals surface area (Å²) < 4.78 is 6.91. The van der Waals surface area contributed by atoms with Crippen LogP contribution in [0.1, 0.15) is 45.4 Å². The van der Waals surface area contributed by atoms with Crippen molar-refractivity contribution in [2.45, 2.75) is 39.5 Å². The Labute approximate surface area is 222 Å². The van der Waals surface area contributed by atoms with Gasteiger partial charge >= 0.3 is 0 Å². The number of rotatable bonds is 10. The van der Waals surface area contributed by atoms with Gasteiger partial charge < -0.3 is 15.0 Å². The summed E-state index contributed by atoms with van der Waals surface area (Å²) in [5.74, 6) is 0.513. The molecule has 0 saturated carbocycles. The van der Waals surface area contributed by atoms with Crippen molar-refractivity contribution < 1.29 is 19.2 Å². The molecule has 0 aliphatic heterocycles. The van der Waals surface area contributed by atoms with Gasteiger partial charge in [-0.2, -0.15) is 5.10 Å². The van der Waals surface area contributed by atoms with E-state index in [4.69, 9.17) is 9.84 Å². The molecule has 0 fully saturated rings. The average Bonchev–Trinajstić information content (AvgIpc) is 3.31. The van der Waals surface area contributed by atoms with E-state index in [2.05, 4.69) is 5.32 Å². The molecule has 0 bridgehead atoms. The molecule has 2 amide bonds. The molecule has 3 rings (SSSR count). The van der Waals surface area contributed by atoms with Crippen LogP contribution in [0.5, 0.6) is 5.75 Å². The van der Waals surface area contributed by atoms with Crippen molar-refractivity contribution in [3.05, 3.63) is 82.0 Å². The number of nitro groups is 1. The summed E-state index contributed by atoms with van der Waals surface area (Å²) >= 11 is 0. The normalized spacial score (nSPS) is 11.4. The zero-order valence-corrected chi connectivity index (χ0v) is 22.3. The molecule has 10 nitrogen and oxygen atoms in total. The second-order valence-corrected chi connectivity index (χ2v) is 9.76. The third-order valence-electron chi connectivity index (χ3n) is 5.72. The number of methoxy groups -OCH3 is 1. The molecule has 0 spiro atoms. The zero-order chi connectivity index (χ0) is 27.9. The van der Waals surface area contributed by atoms with E-state index < -0.39 is 4.92 Å². The Kier molecular flexibility index (Phi) is 9.01. The minimum atomic E-state index is -0.481. The Balaban J connectivity index is 1.77. The molecule has 3 aromatic rings. The fourth-order valence-electron chi connectivity index (χ4n) is 3.63. The van der Waals surface area contributed by atoms with E-state index in [1.54, 1.807) is 30.0 Å². The van der Waals surface area contributed by atoms with Crippen LogP contribution in [0.15, 0.2) is 60.7 Å². The van der Waals surface area contributed by atoms with Crippen LogP contribution in [0.25, 0.3) is 11.8 Å². The Morgan fingerprint density at radius 3 is 2.34 bits per heavy atom. The van der Waals surface area contributed by atoms with Gasteiger partial charge in [-0.15, -0.1) is 0 Å². The minimum absolute atomic E-state index is 0.0266. The van der Waals surface area contributed by atoms with Crippen molar-refractivity contribution in [1.29, 1.82) is 0 Å². The summed E-state index contributed by atoms with van der Waals surface area (Å²) in [6.45, 7) is 8.29. The highest BCUT2D eigenvalue weighted by atomic mass is 16.6. The minimum Gasteiger partial charge on any atom is -0.497 e. The average molecular weight is 520 g/mol. The van der Waals surface area contributed by atoms with Crippen molar-refractivity contribution in [1.82, 2.24) is 14.7 Å². The Hall–Kier alpha value is -4.47. The Morgan fingerprint density at radius 1 is 1.13 bits per heavy atom. The number of ether oxygens (including phenoxy) is 1. The van der Waals surface area contributed by atoms with Gasteiger partial charge in [-0.1, -0.05) is 27.7 Å². The summed E-state index contributed by atoms with van der Waals surface area (Å²) in [5.41, 5.74) is 1.92. The van der Waals surface area contributed by atoms with Crippen LogP contribution in [-0.2, 0) is 15.0 Å². The van der Waals surface area contributed by atoms with Gasteiger partial charge in [0.25, 0.3) is 5.69 Å². The van der Waals surface area contributed by atoms with Gasteiger partial charge in [0.2, 0.25) is 11.8 Å². The Bertz CT molecular complexity index is 1300. The molecular weight excluding hydrogens is 486 g/mol. The fourth-order valence-corrected chi connectivity index (χ4v) is 3.63. The number of anilines is 1. The van der Waals surface area contributed by atoms with E-state index in [9.17, 15) is 19.7 Å². The molecule has 0 saturated heterocycles. The lowest BCUT2D eigenvalue weighted by molar-refractivity contribution is -0.384. The number of carbonyl (C=O) groups is 2. The number of amides is 2. The number of hydrogen-bond donors (Lipinski definition) is 1. The van der Waals surface area contributed by atoms with Crippen LogP contribution in [-0.4, -0.2) is 51.6 Å². The van der Waals surface area contributed by atoms with Gasteiger partial charge in [-0.3, -0.25) is 19.7 Å². The Morgan fingerprint density at radius 2 is 1.79 bits per heavy atom. The van der Waals surface area contributed by atoms with Gasteiger partial charge in [0.05, 0.1) is 23.4 Å². The van der Waals surface area contributed by atoms with Gasteiger partial charge in [-0.25, -0.2) is 4.68 Å². The van der Waals surface area contributed by atoms with Crippen molar-refractivity contribution in [3.63, 3.8) is 0 Å². The van der Waals surface area contributed by atoms with Crippen molar-refractivity contribution >= 4 is 29.4 Å². The lowest BCUT2D eigenvalue weighted by Gasteiger charge is -2.20. The fraction of sp³-hybridized carbons (Fsp3) is 0.321. The molecule has 0 radical (unpaired) electrons. The van der Waals surface area contributed by atoms with Crippen LogP contribution in [0, 0.1) is 10.1 Å². The van der Waals surface area contributed by atoms with E-state index in [-0.39, 0.29) is 29.5 Å². The molecule has 0 unspecified atom stereocenters. The van der Waals surface area contributed by atoms with Gasteiger partial charge in [-0.05, 0) is 54.5 Å². The summed E-state index contributed by atoms with van der Waals surface area (Å²) in [7, 11) is 1.59. The molecule has 1 aromatic heterocycles. The highest BCUT2D eigenvalue weighted by molar-refractivity contribution is 5.97. The first-order chi connectivity index (χ1) is 18.0. The molecular formula is C28H33N5O5. The van der Waals surface area contributed by atoms with Crippen LogP contribution >= 0.6 is 0 Å². The first kappa shape index (κ1) is 28.1. The maximum absolute atomic E-state index is 13.1. The second kappa shape index (κ2) is 12.2. The highest BCUT2D eigenvalue weighted by Crippen LogP contribution is 2.27. The van der Waals surface area contributed by atoms with E-state index in [0.717, 1.165) is 11.4 Å². The smallest absolute Gasteiger partial charge is 0.269 e. The molecule has 200 valence electrons. The zero-order valence-electron chi connectivity index (χ0n) is 22.3. The predicted molar refractivity (Wildman–Crippen MR) is 146 cm³/mol. The number of nitrogens with zero attached hydrogens (tertiary/aromatic N) is 4. The summed E-state index contributed by atoms with van der Waals surface area (Å²) in [5, 5.41) is 18.5. The van der Waals surface area contributed by atoms with Crippen LogP contribution in [0.4, 0.5) is 11.5 Å². The quantitative estimate of drug-likeness (QED) is 0.229. The number of benzene rings is 2. The van der Waals surface area contributed by atoms with E-state index in [0.29, 0.717) is 30.1 Å². The molecule has 2 aromatic carbocycles. The van der Waals surface area contributed by atoms with E-state index in [1.807, 2.05) is 58.0 Å². The SMILES string of the molecule is CCCN(CC(=O)Nc1cc(C(C)(C)C)nn1-c1ccc(OC)cc1)C(=O)/C=C/c1ccc([N+](=O)[O-])cc1. The number of carbonyl (C=O) groups excluding carboxylic acids is 2. The topological polar surface area (TPSA) is 120 Å². The lowest BCUT2D eigenvalue weighted by atomic mass is 9.92. The molecule has 1 heterocycles.